The Morgan fingerprint density at radius 2 is 1.88 bits per heavy atom. The molecule has 0 saturated carbocycles. The Hall–Kier alpha value is -2.22. The predicted octanol–water partition coefficient (Wildman–Crippen LogP) is 2.29. The third-order valence-electron chi connectivity index (χ3n) is 3.66. The van der Waals surface area contributed by atoms with E-state index in [1.807, 2.05) is 13.8 Å². The summed E-state index contributed by atoms with van der Waals surface area (Å²) in [5, 5.41) is 12.8. The van der Waals surface area contributed by atoms with Gasteiger partial charge in [-0.25, -0.2) is 4.79 Å². The molecule has 132 valence electrons. The molecule has 0 aliphatic carbocycles. The third kappa shape index (κ3) is 4.41. The first kappa shape index (κ1) is 18.1. The number of imide groups is 1. The number of rotatable bonds is 7. The zero-order valence-corrected chi connectivity index (χ0v) is 13.4. The number of amides is 3. The molecule has 2 rings (SSSR count). The molecule has 2 atom stereocenters. The molecule has 0 spiro atoms. The molecule has 0 radical (unpaired) electrons. The van der Waals surface area contributed by atoms with E-state index < -0.39 is 24.8 Å². The highest BCUT2D eigenvalue weighted by molar-refractivity contribution is 6.04. The van der Waals surface area contributed by atoms with Crippen molar-refractivity contribution in [1.29, 1.82) is 0 Å². The van der Waals surface area contributed by atoms with Gasteiger partial charge in [0.25, 0.3) is 5.91 Å². The Labute approximate surface area is 138 Å². The van der Waals surface area contributed by atoms with E-state index >= 15 is 0 Å². The van der Waals surface area contributed by atoms with Crippen LogP contribution < -0.4 is 10.1 Å². The van der Waals surface area contributed by atoms with Gasteiger partial charge in [0.15, 0.2) is 0 Å². The van der Waals surface area contributed by atoms with Crippen LogP contribution in [0.4, 0.5) is 13.6 Å². The molecule has 1 heterocycles. The summed E-state index contributed by atoms with van der Waals surface area (Å²) in [6, 6.07) is 4.28. The maximum absolute atomic E-state index is 12.2. The molecular weight excluding hydrogens is 322 g/mol. The molecule has 8 heteroatoms. The minimum Gasteiger partial charge on any atom is -0.435 e. The number of alkyl halides is 2. The van der Waals surface area contributed by atoms with Crippen molar-refractivity contribution in [2.45, 2.75) is 39.0 Å². The molecule has 24 heavy (non-hydrogen) atoms. The number of urea groups is 1. The third-order valence-corrected chi connectivity index (χ3v) is 3.66. The Morgan fingerprint density at radius 3 is 2.42 bits per heavy atom. The van der Waals surface area contributed by atoms with Gasteiger partial charge in [0.2, 0.25) is 0 Å². The molecule has 1 fully saturated rings. The number of ether oxygens (including phenoxy) is 1. The average molecular weight is 342 g/mol. The Balaban J connectivity index is 1.99. The number of hydrogen-bond acceptors (Lipinski definition) is 4. The van der Waals surface area contributed by atoms with Gasteiger partial charge >= 0.3 is 12.6 Å². The molecule has 2 unspecified atom stereocenters. The maximum atomic E-state index is 12.2. The molecule has 1 aliphatic heterocycles. The van der Waals surface area contributed by atoms with E-state index in [0.717, 1.165) is 4.90 Å². The number of nitrogens with one attached hydrogen (secondary N) is 1. The summed E-state index contributed by atoms with van der Waals surface area (Å²) in [7, 11) is 0. The quantitative estimate of drug-likeness (QED) is 0.745. The van der Waals surface area contributed by atoms with E-state index in [4.69, 9.17) is 0 Å². The van der Waals surface area contributed by atoms with Crippen LogP contribution in [0.25, 0.3) is 0 Å². The van der Waals surface area contributed by atoms with Crippen LogP contribution in [0.5, 0.6) is 5.75 Å². The predicted molar refractivity (Wildman–Crippen MR) is 81.5 cm³/mol. The zero-order valence-electron chi connectivity index (χ0n) is 13.4. The Morgan fingerprint density at radius 1 is 1.25 bits per heavy atom. The lowest BCUT2D eigenvalue weighted by molar-refractivity contribution is -0.128. The van der Waals surface area contributed by atoms with E-state index in [1.165, 1.54) is 24.3 Å². The fraction of sp³-hybridized carbons (Fsp3) is 0.500. The lowest BCUT2D eigenvalue weighted by atomic mass is 10.0. The fourth-order valence-corrected chi connectivity index (χ4v) is 2.53. The van der Waals surface area contributed by atoms with Gasteiger partial charge in [-0.2, -0.15) is 8.78 Å². The highest BCUT2D eigenvalue weighted by Crippen LogP contribution is 2.22. The second kappa shape index (κ2) is 7.57. The number of benzene rings is 1. The normalized spacial score (nSPS) is 19.1. The van der Waals surface area contributed by atoms with Gasteiger partial charge in [-0.15, -0.1) is 0 Å². The smallest absolute Gasteiger partial charge is 0.387 e. The molecule has 1 aliphatic rings. The van der Waals surface area contributed by atoms with Crippen molar-refractivity contribution in [3.8, 4) is 5.75 Å². The minimum atomic E-state index is -2.93. The van der Waals surface area contributed by atoms with Gasteiger partial charge in [0, 0.05) is 0 Å². The number of β-amino-alcohol motifs (C(OH)–C–C–N with tert-alkyl or cyclic N) is 1. The molecular formula is C16H20F2N2O4. The number of aliphatic hydroxyl groups is 1. The standard InChI is InChI=1S/C16H20F2N2O4/c1-9(2)7-12-14(22)20(16(23)19-12)8-13(21)10-3-5-11(6-4-10)24-15(17)18/h3-6,9,12-13,15,21H,7-8H2,1-2H3,(H,19,23). The monoisotopic (exact) mass is 342 g/mol. The summed E-state index contributed by atoms with van der Waals surface area (Å²) >= 11 is 0. The summed E-state index contributed by atoms with van der Waals surface area (Å²) in [5.74, 6) is -0.162. The van der Waals surface area contributed by atoms with Gasteiger partial charge < -0.3 is 15.2 Å². The number of carbonyl (C=O) groups is 2. The van der Waals surface area contributed by atoms with Crippen molar-refractivity contribution in [2.75, 3.05) is 6.54 Å². The van der Waals surface area contributed by atoms with Crippen molar-refractivity contribution in [1.82, 2.24) is 10.2 Å². The van der Waals surface area contributed by atoms with E-state index in [-0.39, 0.29) is 24.1 Å². The van der Waals surface area contributed by atoms with Gasteiger partial charge in [0.05, 0.1) is 12.6 Å². The van der Waals surface area contributed by atoms with Gasteiger partial charge in [-0.05, 0) is 30.0 Å². The van der Waals surface area contributed by atoms with Gasteiger partial charge in [-0.1, -0.05) is 26.0 Å². The summed E-state index contributed by atoms with van der Waals surface area (Å²) in [6.45, 7) is 0.762. The van der Waals surface area contributed by atoms with E-state index in [9.17, 15) is 23.5 Å². The van der Waals surface area contributed by atoms with Crippen LogP contribution in [0, 0.1) is 5.92 Å². The SMILES string of the molecule is CC(C)CC1NC(=O)N(CC(O)c2ccc(OC(F)F)cc2)C1=O. The summed E-state index contributed by atoms with van der Waals surface area (Å²) < 4.78 is 28.4. The first-order valence-electron chi connectivity index (χ1n) is 7.62. The van der Waals surface area contributed by atoms with Crippen LogP contribution >= 0.6 is 0 Å². The van der Waals surface area contributed by atoms with Crippen molar-refractivity contribution < 1.29 is 28.2 Å². The maximum Gasteiger partial charge on any atom is 0.387 e. The lowest BCUT2D eigenvalue weighted by Crippen LogP contribution is -2.35. The van der Waals surface area contributed by atoms with Crippen LogP contribution in [0.15, 0.2) is 24.3 Å². The molecule has 0 aromatic heterocycles. The average Bonchev–Trinajstić information content (AvgIpc) is 2.74. The fourth-order valence-electron chi connectivity index (χ4n) is 2.53. The highest BCUT2D eigenvalue weighted by atomic mass is 19.3. The highest BCUT2D eigenvalue weighted by Gasteiger charge is 2.39. The van der Waals surface area contributed by atoms with Gasteiger partial charge in [0.1, 0.15) is 11.8 Å². The summed E-state index contributed by atoms with van der Waals surface area (Å²) in [4.78, 5) is 25.1. The Bertz CT molecular complexity index is 592. The zero-order chi connectivity index (χ0) is 17.9. The van der Waals surface area contributed by atoms with Crippen LogP contribution in [0.1, 0.15) is 31.9 Å². The van der Waals surface area contributed by atoms with Crippen molar-refractivity contribution in [3.05, 3.63) is 29.8 Å². The number of halogens is 2. The van der Waals surface area contributed by atoms with E-state index in [2.05, 4.69) is 10.1 Å². The molecule has 2 N–H and O–H groups in total. The van der Waals surface area contributed by atoms with E-state index in [0.29, 0.717) is 12.0 Å². The molecule has 1 saturated heterocycles. The molecule has 3 amide bonds. The number of hydrogen-bond donors (Lipinski definition) is 2. The second-order valence-corrected chi connectivity index (χ2v) is 6.04. The first-order chi connectivity index (χ1) is 11.3. The minimum absolute atomic E-state index is 0.0343. The van der Waals surface area contributed by atoms with Crippen LogP contribution in [-0.2, 0) is 4.79 Å². The van der Waals surface area contributed by atoms with Crippen molar-refractivity contribution in [3.63, 3.8) is 0 Å². The number of aliphatic hydroxyl groups excluding tert-OH is 1. The Kier molecular flexibility index (Phi) is 5.71. The molecule has 1 aromatic carbocycles. The molecule has 0 bridgehead atoms. The number of carbonyl (C=O) groups excluding carboxylic acids is 2. The van der Waals surface area contributed by atoms with Crippen LogP contribution in [-0.4, -0.2) is 41.1 Å². The largest absolute Gasteiger partial charge is 0.435 e. The summed E-state index contributed by atoms with van der Waals surface area (Å²) in [5.41, 5.74) is 0.393. The second-order valence-electron chi connectivity index (χ2n) is 6.04. The van der Waals surface area contributed by atoms with Crippen molar-refractivity contribution in [2.24, 2.45) is 5.92 Å². The topological polar surface area (TPSA) is 78.9 Å². The van der Waals surface area contributed by atoms with Crippen LogP contribution in [0.2, 0.25) is 0 Å². The molecule has 1 aromatic rings. The lowest BCUT2D eigenvalue weighted by Gasteiger charge is -2.18. The first-order valence-corrected chi connectivity index (χ1v) is 7.62. The summed E-state index contributed by atoms with van der Waals surface area (Å²) in [6.07, 6.45) is -0.588. The number of nitrogens with zero attached hydrogens (tertiary/aromatic N) is 1. The van der Waals surface area contributed by atoms with Crippen molar-refractivity contribution >= 4 is 11.9 Å². The molecule has 6 nitrogen and oxygen atoms in total. The van der Waals surface area contributed by atoms with E-state index in [1.54, 1.807) is 0 Å². The van der Waals surface area contributed by atoms with Gasteiger partial charge in [-0.3, -0.25) is 9.69 Å². The van der Waals surface area contributed by atoms with Crippen LogP contribution in [0.3, 0.4) is 0 Å².